The number of ether oxygens (including phenoxy) is 1. The van der Waals surface area contributed by atoms with Gasteiger partial charge in [0.15, 0.2) is 0 Å². The van der Waals surface area contributed by atoms with E-state index in [0.29, 0.717) is 6.10 Å². The highest BCUT2D eigenvalue weighted by Crippen LogP contribution is 2.20. The molecule has 0 aromatic rings. The summed E-state index contributed by atoms with van der Waals surface area (Å²) in [6.45, 7) is 2.13. The van der Waals surface area contributed by atoms with E-state index in [1.165, 1.54) is 32.1 Å². The van der Waals surface area contributed by atoms with Crippen molar-refractivity contribution in [1.29, 1.82) is 0 Å². The van der Waals surface area contributed by atoms with Crippen LogP contribution in [-0.4, -0.2) is 6.10 Å². The van der Waals surface area contributed by atoms with Crippen molar-refractivity contribution in [2.45, 2.75) is 51.6 Å². The molecule has 0 N–H and O–H groups in total. The van der Waals surface area contributed by atoms with Crippen LogP contribution in [0.1, 0.15) is 45.4 Å². The van der Waals surface area contributed by atoms with E-state index in [2.05, 4.69) is 13.0 Å². The average molecular weight is 154 g/mol. The Morgan fingerprint density at radius 2 is 2.00 bits per heavy atom. The number of allylic oxidation sites excluding steroid dienone is 1. The number of hydrogen-bond acceptors (Lipinski definition) is 1. The lowest BCUT2D eigenvalue weighted by Crippen LogP contribution is -2.13. The molecule has 0 aromatic carbocycles. The Balaban J connectivity index is 2.09. The molecule has 1 heteroatoms. The quantitative estimate of drug-likeness (QED) is 0.567. The second-order valence-electron chi connectivity index (χ2n) is 3.18. The predicted molar refractivity (Wildman–Crippen MR) is 47.4 cm³/mol. The van der Waals surface area contributed by atoms with Gasteiger partial charge in [-0.3, -0.25) is 0 Å². The first-order valence-electron chi connectivity index (χ1n) is 4.74. The molecular weight excluding hydrogens is 136 g/mol. The minimum absolute atomic E-state index is 0.520. The first kappa shape index (κ1) is 8.63. The van der Waals surface area contributed by atoms with Gasteiger partial charge in [-0.05, 0) is 32.1 Å². The maximum Gasteiger partial charge on any atom is 0.0978 e. The molecule has 0 aliphatic heterocycles. The number of rotatable bonds is 3. The fraction of sp³-hybridized carbons (Fsp3) is 0.800. The van der Waals surface area contributed by atoms with Crippen molar-refractivity contribution in [3.8, 4) is 0 Å². The van der Waals surface area contributed by atoms with Gasteiger partial charge >= 0.3 is 0 Å². The van der Waals surface area contributed by atoms with E-state index < -0.39 is 0 Å². The summed E-state index contributed by atoms with van der Waals surface area (Å²) in [6.07, 6.45) is 12.2. The summed E-state index contributed by atoms with van der Waals surface area (Å²) in [7, 11) is 0. The molecule has 1 saturated carbocycles. The normalized spacial score (nSPS) is 20.8. The maximum atomic E-state index is 5.54. The standard InChI is InChI=1S/C10H18O/c1-2-3-9-11-10-7-5-4-6-8-10/h3,9-10H,2,4-8H2,1H3/b9-3+. The molecule has 0 radical (unpaired) electrons. The SMILES string of the molecule is CC/C=C/OC1CCCCC1. The molecule has 1 rings (SSSR count). The fourth-order valence-electron chi connectivity index (χ4n) is 1.46. The van der Waals surface area contributed by atoms with E-state index in [-0.39, 0.29) is 0 Å². The van der Waals surface area contributed by atoms with Crippen LogP contribution < -0.4 is 0 Å². The largest absolute Gasteiger partial charge is 0.498 e. The van der Waals surface area contributed by atoms with E-state index >= 15 is 0 Å². The van der Waals surface area contributed by atoms with Crippen LogP contribution in [0.15, 0.2) is 12.3 Å². The lowest BCUT2D eigenvalue weighted by Gasteiger charge is -2.20. The van der Waals surface area contributed by atoms with Crippen LogP contribution in [0.3, 0.4) is 0 Å². The molecule has 11 heavy (non-hydrogen) atoms. The highest BCUT2D eigenvalue weighted by molar-refractivity contribution is 4.74. The van der Waals surface area contributed by atoms with Gasteiger partial charge in [-0.1, -0.05) is 19.4 Å². The van der Waals surface area contributed by atoms with Gasteiger partial charge in [-0.2, -0.15) is 0 Å². The Morgan fingerprint density at radius 1 is 1.27 bits per heavy atom. The van der Waals surface area contributed by atoms with Crippen molar-refractivity contribution in [1.82, 2.24) is 0 Å². The zero-order valence-electron chi connectivity index (χ0n) is 7.38. The molecule has 0 saturated heterocycles. The molecule has 1 fully saturated rings. The molecule has 64 valence electrons. The van der Waals surface area contributed by atoms with E-state index in [4.69, 9.17) is 4.74 Å². The Kier molecular flexibility index (Phi) is 4.10. The van der Waals surface area contributed by atoms with Gasteiger partial charge < -0.3 is 4.74 Å². The van der Waals surface area contributed by atoms with Gasteiger partial charge in [0.05, 0.1) is 12.4 Å². The summed E-state index contributed by atoms with van der Waals surface area (Å²) in [5, 5.41) is 0. The summed E-state index contributed by atoms with van der Waals surface area (Å²) >= 11 is 0. The Hall–Kier alpha value is -0.460. The summed E-state index contributed by atoms with van der Waals surface area (Å²) in [4.78, 5) is 0. The summed E-state index contributed by atoms with van der Waals surface area (Å²) < 4.78 is 5.54. The predicted octanol–water partition coefficient (Wildman–Crippen LogP) is 3.26. The average Bonchev–Trinajstić information content (AvgIpc) is 2.07. The van der Waals surface area contributed by atoms with Crippen LogP contribution in [-0.2, 0) is 4.74 Å². The van der Waals surface area contributed by atoms with Crippen LogP contribution in [0, 0.1) is 0 Å². The van der Waals surface area contributed by atoms with Gasteiger partial charge in [0.25, 0.3) is 0 Å². The third kappa shape index (κ3) is 3.45. The lowest BCUT2D eigenvalue weighted by molar-refractivity contribution is 0.106. The van der Waals surface area contributed by atoms with Crippen molar-refractivity contribution in [2.75, 3.05) is 0 Å². The van der Waals surface area contributed by atoms with Crippen LogP contribution >= 0.6 is 0 Å². The smallest absolute Gasteiger partial charge is 0.0978 e. The second kappa shape index (κ2) is 5.22. The molecular formula is C10H18O. The maximum absolute atomic E-state index is 5.54. The molecule has 0 bridgehead atoms. The molecule has 0 unspecified atom stereocenters. The van der Waals surface area contributed by atoms with Crippen LogP contribution in [0.4, 0.5) is 0 Å². The van der Waals surface area contributed by atoms with Crippen molar-refractivity contribution in [3.63, 3.8) is 0 Å². The molecule has 0 atom stereocenters. The van der Waals surface area contributed by atoms with Gasteiger partial charge in [-0.25, -0.2) is 0 Å². The zero-order chi connectivity index (χ0) is 7.94. The third-order valence-electron chi connectivity index (χ3n) is 2.16. The summed E-state index contributed by atoms with van der Waals surface area (Å²) in [5.74, 6) is 0. The Bertz CT molecular complexity index is 112. The van der Waals surface area contributed by atoms with Gasteiger partial charge in [0.2, 0.25) is 0 Å². The van der Waals surface area contributed by atoms with Crippen molar-refractivity contribution >= 4 is 0 Å². The van der Waals surface area contributed by atoms with E-state index in [1.54, 1.807) is 0 Å². The minimum Gasteiger partial charge on any atom is -0.498 e. The first-order chi connectivity index (χ1) is 5.43. The summed E-state index contributed by atoms with van der Waals surface area (Å²) in [5.41, 5.74) is 0. The monoisotopic (exact) mass is 154 g/mol. The van der Waals surface area contributed by atoms with E-state index in [1.807, 2.05) is 6.26 Å². The zero-order valence-corrected chi connectivity index (χ0v) is 7.38. The topological polar surface area (TPSA) is 9.23 Å². The van der Waals surface area contributed by atoms with Gasteiger partial charge in [0.1, 0.15) is 0 Å². The van der Waals surface area contributed by atoms with Crippen LogP contribution in [0.5, 0.6) is 0 Å². The molecule has 0 heterocycles. The minimum atomic E-state index is 0.520. The van der Waals surface area contributed by atoms with Crippen molar-refractivity contribution in [3.05, 3.63) is 12.3 Å². The highest BCUT2D eigenvalue weighted by atomic mass is 16.5. The lowest BCUT2D eigenvalue weighted by atomic mass is 9.98. The van der Waals surface area contributed by atoms with Crippen molar-refractivity contribution < 1.29 is 4.74 Å². The molecule has 1 nitrogen and oxygen atoms in total. The molecule has 0 amide bonds. The molecule has 1 aliphatic rings. The molecule has 0 aromatic heterocycles. The van der Waals surface area contributed by atoms with Crippen LogP contribution in [0.2, 0.25) is 0 Å². The molecule has 0 spiro atoms. The Morgan fingerprint density at radius 3 is 2.64 bits per heavy atom. The van der Waals surface area contributed by atoms with E-state index in [0.717, 1.165) is 6.42 Å². The van der Waals surface area contributed by atoms with Crippen LogP contribution in [0.25, 0.3) is 0 Å². The summed E-state index contributed by atoms with van der Waals surface area (Å²) in [6, 6.07) is 0. The molecule has 1 aliphatic carbocycles. The fourth-order valence-corrected chi connectivity index (χ4v) is 1.46. The van der Waals surface area contributed by atoms with E-state index in [9.17, 15) is 0 Å². The Labute approximate surface area is 69.4 Å². The first-order valence-corrected chi connectivity index (χ1v) is 4.74. The van der Waals surface area contributed by atoms with Gasteiger partial charge in [-0.15, -0.1) is 0 Å². The highest BCUT2D eigenvalue weighted by Gasteiger charge is 2.12. The second-order valence-corrected chi connectivity index (χ2v) is 3.18. The van der Waals surface area contributed by atoms with Crippen molar-refractivity contribution in [2.24, 2.45) is 0 Å². The third-order valence-corrected chi connectivity index (χ3v) is 2.16. The van der Waals surface area contributed by atoms with Gasteiger partial charge in [0, 0.05) is 0 Å². The number of hydrogen-bond donors (Lipinski definition) is 0.